The number of nitrogens with one attached hydrogen (secondary N) is 3. The summed E-state index contributed by atoms with van der Waals surface area (Å²) in [6.45, 7) is 3.04. The van der Waals surface area contributed by atoms with Crippen LogP contribution in [0.1, 0.15) is 12.8 Å². The number of benzene rings is 1. The molecule has 1 aliphatic heterocycles. The zero-order valence-electron chi connectivity index (χ0n) is 15.6. The summed E-state index contributed by atoms with van der Waals surface area (Å²) in [6, 6.07) is 13.4. The number of aromatic nitrogens is 3. The molecule has 0 aliphatic carbocycles. The number of ether oxygens (including phenoxy) is 1. The molecule has 3 aromatic rings. The van der Waals surface area contributed by atoms with Crippen molar-refractivity contribution in [3.8, 4) is 11.6 Å². The molecule has 0 unspecified atom stereocenters. The molecule has 1 aromatic carbocycles. The first-order chi connectivity index (χ1) is 13.9. The lowest BCUT2D eigenvalue weighted by Gasteiger charge is -2.23. The molecular weight excluding hydrogens is 352 g/mol. The molecule has 3 N–H and O–H groups in total. The third-order valence-corrected chi connectivity index (χ3v) is 4.69. The lowest BCUT2D eigenvalue weighted by Crippen LogP contribution is -2.31. The number of hydrogen-bond donors (Lipinski definition) is 3. The van der Waals surface area contributed by atoms with Crippen molar-refractivity contribution >= 4 is 17.3 Å². The quantitative estimate of drug-likeness (QED) is 0.578. The molecule has 3 heterocycles. The van der Waals surface area contributed by atoms with Gasteiger partial charge in [-0.25, -0.2) is 15.0 Å². The number of piperidine rings is 1. The zero-order chi connectivity index (χ0) is 19.0. The Morgan fingerprint density at radius 1 is 0.929 bits per heavy atom. The predicted octanol–water partition coefficient (Wildman–Crippen LogP) is 3.82. The van der Waals surface area contributed by atoms with E-state index >= 15 is 0 Å². The van der Waals surface area contributed by atoms with E-state index in [0.29, 0.717) is 23.4 Å². The van der Waals surface area contributed by atoms with Crippen LogP contribution < -0.4 is 20.7 Å². The highest BCUT2D eigenvalue weighted by Gasteiger charge is 2.14. The van der Waals surface area contributed by atoms with Crippen molar-refractivity contribution in [2.45, 2.75) is 12.8 Å². The van der Waals surface area contributed by atoms with Gasteiger partial charge in [-0.2, -0.15) is 0 Å². The third-order valence-electron chi connectivity index (χ3n) is 4.69. The van der Waals surface area contributed by atoms with E-state index in [0.717, 1.165) is 31.1 Å². The van der Waals surface area contributed by atoms with E-state index in [1.165, 1.54) is 12.8 Å². The Kier molecular flexibility index (Phi) is 5.94. The second-order valence-corrected chi connectivity index (χ2v) is 6.75. The van der Waals surface area contributed by atoms with E-state index in [9.17, 15) is 0 Å². The summed E-state index contributed by atoms with van der Waals surface area (Å²) >= 11 is 0. The van der Waals surface area contributed by atoms with Crippen molar-refractivity contribution in [1.82, 2.24) is 20.3 Å². The number of rotatable bonds is 7. The fraction of sp³-hybridized carbons (Fsp3) is 0.286. The highest BCUT2D eigenvalue weighted by molar-refractivity contribution is 5.57. The Hall–Kier alpha value is -3.19. The molecule has 0 bridgehead atoms. The van der Waals surface area contributed by atoms with Crippen molar-refractivity contribution in [3.05, 3.63) is 61.1 Å². The van der Waals surface area contributed by atoms with Gasteiger partial charge in [-0.15, -0.1) is 0 Å². The van der Waals surface area contributed by atoms with Gasteiger partial charge in [0.05, 0.1) is 0 Å². The Morgan fingerprint density at radius 2 is 1.75 bits per heavy atom. The summed E-state index contributed by atoms with van der Waals surface area (Å²) in [6.07, 6.45) is 7.42. The van der Waals surface area contributed by atoms with Gasteiger partial charge >= 0.3 is 0 Å². The highest BCUT2D eigenvalue weighted by atomic mass is 16.5. The minimum absolute atomic E-state index is 0.488. The number of anilines is 3. The minimum atomic E-state index is 0.488. The summed E-state index contributed by atoms with van der Waals surface area (Å²) in [5.41, 5.74) is 0.939. The van der Waals surface area contributed by atoms with Gasteiger partial charge in [-0.05, 0) is 68.2 Å². The topological polar surface area (TPSA) is 84.0 Å². The van der Waals surface area contributed by atoms with Gasteiger partial charge < -0.3 is 20.7 Å². The molecule has 1 fully saturated rings. The zero-order valence-corrected chi connectivity index (χ0v) is 15.6. The molecule has 0 spiro atoms. The van der Waals surface area contributed by atoms with Crippen molar-refractivity contribution in [3.63, 3.8) is 0 Å². The molecule has 1 aliphatic rings. The summed E-state index contributed by atoms with van der Waals surface area (Å²) in [7, 11) is 0. The van der Waals surface area contributed by atoms with Crippen LogP contribution in [0.25, 0.3) is 0 Å². The number of pyridine rings is 1. The maximum Gasteiger partial charge on any atom is 0.262 e. The van der Waals surface area contributed by atoms with Crippen molar-refractivity contribution in [2.75, 3.05) is 30.3 Å². The van der Waals surface area contributed by atoms with Gasteiger partial charge in [0, 0.05) is 30.8 Å². The summed E-state index contributed by atoms with van der Waals surface area (Å²) in [5, 5.41) is 10.0. The largest absolute Gasteiger partial charge is 0.436 e. The van der Waals surface area contributed by atoms with E-state index < -0.39 is 0 Å². The van der Waals surface area contributed by atoms with Gasteiger partial charge in [-0.1, -0.05) is 6.07 Å². The van der Waals surface area contributed by atoms with Crippen LogP contribution in [-0.2, 0) is 0 Å². The smallest absolute Gasteiger partial charge is 0.262 e. The second-order valence-electron chi connectivity index (χ2n) is 6.75. The van der Waals surface area contributed by atoms with Crippen LogP contribution in [0, 0.1) is 5.92 Å². The van der Waals surface area contributed by atoms with Crippen LogP contribution in [0.15, 0.2) is 61.1 Å². The normalized spacial score (nSPS) is 14.4. The number of hydrogen-bond acceptors (Lipinski definition) is 7. The Morgan fingerprint density at radius 3 is 2.54 bits per heavy atom. The molecular formula is C21H24N6O. The van der Waals surface area contributed by atoms with E-state index in [1.54, 1.807) is 18.6 Å². The van der Waals surface area contributed by atoms with Crippen molar-refractivity contribution in [2.24, 2.45) is 5.92 Å². The van der Waals surface area contributed by atoms with Gasteiger partial charge in [0.15, 0.2) is 5.82 Å². The highest BCUT2D eigenvalue weighted by Crippen LogP contribution is 2.27. The first-order valence-corrected chi connectivity index (χ1v) is 9.58. The van der Waals surface area contributed by atoms with E-state index in [4.69, 9.17) is 4.74 Å². The van der Waals surface area contributed by atoms with E-state index in [2.05, 4.69) is 30.9 Å². The van der Waals surface area contributed by atoms with Crippen LogP contribution >= 0.6 is 0 Å². The van der Waals surface area contributed by atoms with E-state index in [1.807, 2.05) is 42.5 Å². The van der Waals surface area contributed by atoms with E-state index in [-0.39, 0.29) is 0 Å². The molecule has 7 heteroatoms. The van der Waals surface area contributed by atoms with Crippen molar-refractivity contribution < 1.29 is 4.74 Å². The molecule has 0 radical (unpaired) electrons. The van der Waals surface area contributed by atoms with Gasteiger partial charge in [0.2, 0.25) is 0 Å². The minimum Gasteiger partial charge on any atom is -0.436 e. The Bertz CT molecular complexity index is 866. The Balaban J connectivity index is 1.38. The molecule has 0 atom stereocenters. The monoisotopic (exact) mass is 376 g/mol. The van der Waals surface area contributed by atoms with Crippen LogP contribution in [-0.4, -0.2) is 34.6 Å². The molecule has 0 amide bonds. The summed E-state index contributed by atoms with van der Waals surface area (Å²) in [5.74, 6) is 3.32. The third kappa shape index (κ3) is 4.95. The predicted molar refractivity (Wildman–Crippen MR) is 110 cm³/mol. The standard InChI is InChI=1S/C21H24N6O/c1-2-10-23-19(3-1)27-17-4-6-18(7-5-17)28-21-20(24-13-14-25-21)26-15-16-8-11-22-12-9-16/h1-7,10,13-14,16,22H,8-9,11-12,15H2,(H,23,27)(H,24,26). The molecule has 2 aromatic heterocycles. The average molecular weight is 376 g/mol. The van der Waals surface area contributed by atoms with Crippen LogP contribution in [0.2, 0.25) is 0 Å². The average Bonchev–Trinajstić information content (AvgIpc) is 2.76. The maximum absolute atomic E-state index is 5.96. The lowest BCUT2D eigenvalue weighted by atomic mass is 9.98. The fourth-order valence-electron chi connectivity index (χ4n) is 3.15. The molecule has 4 rings (SSSR count). The van der Waals surface area contributed by atoms with Gasteiger partial charge in [0.1, 0.15) is 11.6 Å². The summed E-state index contributed by atoms with van der Waals surface area (Å²) in [4.78, 5) is 13.0. The first-order valence-electron chi connectivity index (χ1n) is 9.58. The Labute approximate surface area is 164 Å². The summed E-state index contributed by atoms with van der Waals surface area (Å²) < 4.78 is 5.96. The van der Waals surface area contributed by atoms with Gasteiger partial charge in [-0.3, -0.25) is 0 Å². The molecule has 144 valence electrons. The van der Waals surface area contributed by atoms with Crippen LogP contribution in [0.4, 0.5) is 17.3 Å². The second kappa shape index (κ2) is 9.14. The number of nitrogens with zero attached hydrogens (tertiary/aromatic N) is 3. The van der Waals surface area contributed by atoms with Gasteiger partial charge in [0.25, 0.3) is 5.88 Å². The SMILES string of the molecule is c1ccc(Nc2ccc(Oc3nccnc3NCC3CCNCC3)cc2)nc1. The van der Waals surface area contributed by atoms with Crippen LogP contribution in [0.3, 0.4) is 0 Å². The van der Waals surface area contributed by atoms with Crippen LogP contribution in [0.5, 0.6) is 11.6 Å². The maximum atomic E-state index is 5.96. The molecule has 1 saturated heterocycles. The molecule has 28 heavy (non-hydrogen) atoms. The van der Waals surface area contributed by atoms with Crippen molar-refractivity contribution in [1.29, 1.82) is 0 Å². The first kappa shape index (κ1) is 18.2. The molecule has 7 nitrogen and oxygen atoms in total. The molecule has 0 saturated carbocycles. The lowest BCUT2D eigenvalue weighted by molar-refractivity contribution is 0.388. The fourth-order valence-corrected chi connectivity index (χ4v) is 3.15.